The molecule has 2 N–H and O–H groups in total. The molecule has 0 spiro atoms. The van der Waals surface area contributed by atoms with Crippen LogP contribution in [0.25, 0.3) is 0 Å². The average molecular weight is 247 g/mol. The Morgan fingerprint density at radius 2 is 2.33 bits per heavy atom. The van der Waals surface area contributed by atoms with Gasteiger partial charge in [0.25, 0.3) is 0 Å². The number of aromatic nitrogens is 1. The molecule has 2 atom stereocenters. The van der Waals surface area contributed by atoms with E-state index in [2.05, 4.69) is 29.8 Å². The van der Waals surface area contributed by atoms with E-state index < -0.39 is 0 Å². The summed E-state index contributed by atoms with van der Waals surface area (Å²) in [4.78, 5) is 7.13. The lowest BCUT2D eigenvalue weighted by Crippen LogP contribution is -2.40. The molecule has 0 saturated carbocycles. The zero-order valence-corrected chi connectivity index (χ0v) is 11.6. The van der Waals surface area contributed by atoms with Crippen molar-refractivity contribution in [1.82, 2.24) is 4.98 Å². The zero-order valence-electron chi connectivity index (χ0n) is 11.6. The van der Waals surface area contributed by atoms with Gasteiger partial charge in [-0.05, 0) is 50.7 Å². The molecule has 1 aromatic heterocycles. The quantitative estimate of drug-likeness (QED) is 0.889. The molecule has 3 heteroatoms. The smallest absolute Gasteiger partial charge is 0.132 e. The van der Waals surface area contributed by atoms with Crippen LogP contribution >= 0.6 is 0 Å². The van der Waals surface area contributed by atoms with E-state index in [9.17, 15) is 0 Å². The van der Waals surface area contributed by atoms with E-state index in [1.165, 1.54) is 37.1 Å². The highest BCUT2D eigenvalue weighted by molar-refractivity contribution is 5.48. The summed E-state index contributed by atoms with van der Waals surface area (Å²) in [6, 6.07) is 5.04. The summed E-state index contributed by atoms with van der Waals surface area (Å²) < 4.78 is 0. The molecule has 18 heavy (non-hydrogen) atoms. The van der Waals surface area contributed by atoms with Gasteiger partial charge in [-0.3, -0.25) is 0 Å². The Morgan fingerprint density at radius 1 is 1.50 bits per heavy atom. The van der Waals surface area contributed by atoms with Gasteiger partial charge in [0.2, 0.25) is 0 Å². The van der Waals surface area contributed by atoms with Crippen molar-refractivity contribution >= 4 is 5.82 Å². The fraction of sp³-hybridized carbons (Fsp3) is 0.667. The molecule has 1 aliphatic heterocycles. The normalized spacial score (nSPS) is 21.9. The molecule has 0 aromatic carbocycles. The van der Waals surface area contributed by atoms with Crippen molar-refractivity contribution in [1.29, 1.82) is 0 Å². The Balaban J connectivity index is 2.24. The van der Waals surface area contributed by atoms with Gasteiger partial charge in [0, 0.05) is 24.8 Å². The predicted octanol–water partition coefficient (Wildman–Crippen LogP) is 2.74. The van der Waals surface area contributed by atoms with Crippen molar-refractivity contribution < 1.29 is 0 Å². The fourth-order valence-corrected chi connectivity index (χ4v) is 2.90. The monoisotopic (exact) mass is 247 g/mol. The van der Waals surface area contributed by atoms with Gasteiger partial charge in [-0.15, -0.1) is 0 Å². The van der Waals surface area contributed by atoms with Crippen LogP contribution in [0.4, 0.5) is 5.82 Å². The van der Waals surface area contributed by atoms with Crippen LogP contribution in [0.1, 0.15) is 45.1 Å². The van der Waals surface area contributed by atoms with Crippen LogP contribution in [0.5, 0.6) is 0 Å². The first-order valence-electron chi connectivity index (χ1n) is 7.18. The molecule has 0 amide bonds. The summed E-state index contributed by atoms with van der Waals surface area (Å²) in [5, 5.41) is 0. The second-order valence-electron chi connectivity index (χ2n) is 5.42. The Kier molecular flexibility index (Phi) is 4.59. The van der Waals surface area contributed by atoms with Crippen molar-refractivity contribution in [3.63, 3.8) is 0 Å². The molecule has 0 radical (unpaired) electrons. The van der Waals surface area contributed by atoms with Crippen LogP contribution in [-0.2, 0) is 6.42 Å². The number of piperidine rings is 1. The third-order valence-electron chi connectivity index (χ3n) is 3.78. The van der Waals surface area contributed by atoms with Crippen molar-refractivity contribution in [2.75, 3.05) is 11.4 Å². The molecule has 0 aliphatic carbocycles. The van der Waals surface area contributed by atoms with Crippen LogP contribution in [0.3, 0.4) is 0 Å². The lowest BCUT2D eigenvalue weighted by Gasteiger charge is -2.37. The van der Waals surface area contributed by atoms with Gasteiger partial charge < -0.3 is 10.6 Å². The second-order valence-corrected chi connectivity index (χ2v) is 5.42. The minimum absolute atomic E-state index is 0.192. The van der Waals surface area contributed by atoms with E-state index in [1.807, 2.05) is 12.3 Å². The SMILES string of the molecule is CCC1CCCCN1c1ncccc1CC(C)N. The van der Waals surface area contributed by atoms with Crippen molar-refractivity contribution in [3.8, 4) is 0 Å². The van der Waals surface area contributed by atoms with Gasteiger partial charge in [0.1, 0.15) is 5.82 Å². The van der Waals surface area contributed by atoms with Gasteiger partial charge >= 0.3 is 0 Å². The molecule has 2 rings (SSSR count). The van der Waals surface area contributed by atoms with Gasteiger partial charge in [0.15, 0.2) is 0 Å². The number of pyridine rings is 1. The maximum absolute atomic E-state index is 5.94. The minimum Gasteiger partial charge on any atom is -0.353 e. The van der Waals surface area contributed by atoms with Crippen LogP contribution < -0.4 is 10.6 Å². The largest absolute Gasteiger partial charge is 0.353 e. The van der Waals surface area contributed by atoms with Gasteiger partial charge in [-0.25, -0.2) is 4.98 Å². The molecule has 100 valence electrons. The number of anilines is 1. The first kappa shape index (κ1) is 13.3. The third kappa shape index (κ3) is 3.02. The van der Waals surface area contributed by atoms with E-state index >= 15 is 0 Å². The third-order valence-corrected chi connectivity index (χ3v) is 3.78. The van der Waals surface area contributed by atoms with Gasteiger partial charge in [0.05, 0.1) is 0 Å². The standard InChI is InChI=1S/C15H25N3/c1-3-14-8-4-5-10-18(14)15-13(11-12(2)16)7-6-9-17-15/h6-7,9,12,14H,3-5,8,10-11,16H2,1-2H3. The minimum atomic E-state index is 0.192. The maximum atomic E-state index is 5.94. The summed E-state index contributed by atoms with van der Waals surface area (Å²) in [7, 11) is 0. The summed E-state index contributed by atoms with van der Waals surface area (Å²) >= 11 is 0. The Morgan fingerprint density at radius 3 is 3.06 bits per heavy atom. The average Bonchev–Trinajstić information content (AvgIpc) is 2.39. The van der Waals surface area contributed by atoms with Crippen molar-refractivity contribution in [2.45, 2.75) is 58.0 Å². The molecule has 0 bridgehead atoms. The number of hydrogen-bond donors (Lipinski definition) is 1. The Labute approximate surface area is 110 Å². The highest BCUT2D eigenvalue weighted by Crippen LogP contribution is 2.27. The molecule has 1 fully saturated rings. The lowest BCUT2D eigenvalue weighted by molar-refractivity contribution is 0.445. The number of rotatable bonds is 4. The Bertz CT molecular complexity index is 376. The topological polar surface area (TPSA) is 42.2 Å². The Hall–Kier alpha value is -1.09. The second kappa shape index (κ2) is 6.19. The van der Waals surface area contributed by atoms with E-state index in [0.29, 0.717) is 6.04 Å². The highest BCUT2D eigenvalue weighted by Gasteiger charge is 2.23. The molecule has 1 saturated heterocycles. The first-order valence-corrected chi connectivity index (χ1v) is 7.18. The molecule has 2 unspecified atom stereocenters. The molecular weight excluding hydrogens is 222 g/mol. The summed E-state index contributed by atoms with van der Waals surface area (Å²) in [5.74, 6) is 1.17. The molecule has 1 aromatic rings. The van der Waals surface area contributed by atoms with E-state index in [1.54, 1.807) is 0 Å². The van der Waals surface area contributed by atoms with Crippen molar-refractivity contribution in [2.24, 2.45) is 5.73 Å². The van der Waals surface area contributed by atoms with Crippen LogP contribution in [0, 0.1) is 0 Å². The van der Waals surface area contributed by atoms with Crippen LogP contribution in [0.15, 0.2) is 18.3 Å². The molecule has 2 heterocycles. The van der Waals surface area contributed by atoms with E-state index in [4.69, 9.17) is 5.73 Å². The van der Waals surface area contributed by atoms with Crippen LogP contribution in [-0.4, -0.2) is 23.6 Å². The predicted molar refractivity (Wildman–Crippen MR) is 76.9 cm³/mol. The number of nitrogens with two attached hydrogens (primary N) is 1. The van der Waals surface area contributed by atoms with Crippen LogP contribution in [0.2, 0.25) is 0 Å². The first-order chi connectivity index (χ1) is 8.72. The molecule has 3 nitrogen and oxygen atoms in total. The molecule has 1 aliphatic rings. The maximum Gasteiger partial charge on any atom is 0.132 e. The van der Waals surface area contributed by atoms with E-state index in [-0.39, 0.29) is 6.04 Å². The molecular formula is C15H25N3. The summed E-state index contributed by atoms with van der Waals surface area (Å²) in [6.07, 6.45) is 7.95. The fourth-order valence-electron chi connectivity index (χ4n) is 2.90. The van der Waals surface area contributed by atoms with Gasteiger partial charge in [-0.2, -0.15) is 0 Å². The number of hydrogen-bond acceptors (Lipinski definition) is 3. The van der Waals surface area contributed by atoms with Crippen molar-refractivity contribution in [3.05, 3.63) is 23.9 Å². The van der Waals surface area contributed by atoms with E-state index in [0.717, 1.165) is 13.0 Å². The lowest BCUT2D eigenvalue weighted by atomic mass is 9.98. The summed E-state index contributed by atoms with van der Waals surface area (Å²) in [5.41, 5.74) is 7.24. The highest BCUT2D eigenvalue weighted by atomic mass is 15.2. The van der Waals surface area contributed by atoms with Gasteiger partial charge in [-0.1, -0.05) is 13.0 Å². The zero-order chi connectivity index (χ0) is 13.0. The number of nitrogens with zero attached hydrogens (tertiary/aromatic N) is 2. The summed E-state index contributed by atoms with van der Waals surface area (Å²) in [6.45, 7) is 5.48.